The van der Waals surface area contributed by atoms with Gasteiger partial charge in [0, 0.05) is 16.8 Å². The molecular formula is C15H12ClNO5. The van der Waals surface area contributed by atoms with Crippen LogP contribution in [-0.4, -0.2) is 28.7 Å². The highest BCUT2D eigenvalue weighted by molar-refractivity contribution is 6.30. The summed E-state index contributed by atoms with van der Waals surface area (Å²) in [4.78, 5) is 23.4. The number of phenols is 2. The largest absolute Gasteiger partial charge is 0.508 e. The summed E-state index contributed by atoms with van der Waals surface area (Å²) in [5, 5.41) is 21.7. The molecule has 0 fully saturated rings. The summed E-state index contributed by atoms with van der Waals surface area (Å²) in [6, 6.07) is 9.86. The molecule has 0 aliphatic rings. The first kappa shape index (κ1) is 15.7. The Labute approximate surface area is 130 Å². The minimum atomic E-state index is -0.872. The zero-order chi connectivity index (χ0) is 16.1. The number of anilines is 1. The second-order valence-corrected chi connectivity index (χ2v) is 4.77. The van der Waals surface area contributed by atoms with E-state index in [1.54, 1.807) is 24.3 Å². The summed E-state index contributed by atoms with van der Waals surface area (Å²) < 4.78 is 4.79. The van der Waals surface area contributed by atoms with Crippen LogP contribution in [0.4, 0.5) is 5.69 Å². The van der Waals surface area contributed by atoms with Crippen molar-refractivity contribution in [1.82, 2.24) is 0 Å². The molecule has 0 spiro atoms. The molecule has 0 atom stereocenters. The summed E-state index contributed by atoms with van der Waals surface area (Å²) in [5.74, 6) is -2.02. The second-order valence-electron chi connectivity index (χ2n) is 4.33. The van der Waals surface area contributed by atoms with Gasteiger partial charge in [0.15, 0.2) is 6.61 Å². The number of ether oxygens (including phenoxy) is 1. The summed E-state index contributed by atoms with van der Waals surface area (Å²) in [7, 11) is 0. The number of carbonyl (C=O) groups is 2. The van der Waals surface area contributed by atoms with Crippen LogP contribution in [0.1, 0.15) is 10.4 Å². The van der Waals surface area contributed by atoms with Crippen molar-refractivity contribution in [3.63, 3.8) is 0 Å². The first-order valence-electron chi connectivity index (χ1n) is 6.20. The zero-order valence-corrected chi connectivity index (χ0v) is 12.0. The highest BCUT2D eigenvalue weighted by Crippen LogP contribution is 2.23. The van der Waals surface area contributed by atoms with Gasteiger partial charge in [0.2, 0.25) is 0 Å². The number of amides is 1. The lowest BCUT2D eigenvalue weighted by atomic mass is 10.2. The van der Waals surface area contributed by atoms with E-state index in [0.717, 1.165) is 6.07 Å². The SMILES string of the molecule is O=C(COC(=O)c1ccc(O)cc1O)Nc1ccc(Cl)cc1. The Bertz CT molecular complexity index is 700. The number of nitrogens with one attached hydrogen (secondary N) is 1. The first-order valence-corrected chi connectivity index (χ1v) is 6.58. The van der Waals surface area contributed by atoms with E-state index in [0.29, 0.717) is 10.7 Å². The third-order valence-corrected chi connectivity index (χ3v) is 2.92. The monoisotopic (exact) mass is 321 g/mol. The smallest absolute Gasteiger partial charge is 0.342 e. The van der Waals surface area contributed by atoms with Crippen LogP contribution in [-0.2, 0) is 9.53 Å². The average Bonchev–Trinajstić information content (AvgIpc) is 2.47. The van der Waals surface area contributed by atoms with Crippen LogP contribution in [0.25, 0.3) is 0 Å². The van der Waals surface area contributed by atoms with Gasteiger partial charge in [-0.1, -0.05) is 11.6 Å². The molecular weight excluding hydrogens is 310 g/mol. The number of rotatable bonds is 4. The van der Waals surface area contributed by atoms with Gasteiger partial charge in [0.05, 0.1) is 0 Å². The number of aromatic hydroxyl groups is 2. The summed E-state index contributed by atoms with van der Waals surface area (Å²) in [6.45, 7) is -0.512. The number of esters is 1. The molecule has 7 heteroatoms. The molecule has 0 bridgehead atoms. The molecule has 0 aliphatic carbocycles. The molecule has 22 heavy (non-hydrogen) atoms. The van der Waals surface area contributed by atoms with Crippen molar-refractivity contribution in [2.75, 3.05) is 11.9 Å². The van der Waals surface area contributed by atoms with Gasteiger partial charge in [0.1, 0.15) is 17.1 Å². The lowest BCUT2D eigenvalue weighted by Crippen LogP contribution is -2.20. The topological polar surface area (TPSA) is 95.9 Å². The van der Waals surface area contributed by atoms with Crippen molar-refractivity contribution < 1.29 is 24.5 Å². The molecule has 114 valence electrons. The minimum Gasteiger partial charge on any atom is -0.508 e. The fourth-order valence-electron chi connectivity index (χ4n) is 1.63. The van der Waals surface area contributed by atoms with Crippen molar-refractivity contribution in [1.29, 1.82) is 0 Å². The predicted molar refractivity (Wildman–Crippen MR) is 80.1 cm³/mol. The highest BCUT2D eigenvalue weighted by atomic mass is 35.5. The third kappa shape index (κ3) is 4.13. The molecule has 0 heterocycles. The third-order valence-electron chi connectivity index (χ3n) is 2.66. The van der Waals surface area contributed by atoms with Gasteiger partial charge >= 0.3 is 5.97 Å². The van der Waals surface area contributed by atoms with Gasteiger partial charge < -0.3 is 20.3 Å². The number of phenolic OH excluding ortho intramolecular Hbond substituents is 2. The molecule has 2 rings (SSSR count). The molecule has 0 saturated carbocycles. The van der Waals surface area contributed by atoms with E-state index in [4.69, 9.17) is 21.4 Å². The molecule has 0 radical (unpaired) electrons. The van der Waals surface area contributed by atoms with Crippen LogP contribution < -0.4 is 5.32 Å². The van der Waals surface area contributed by atoms with Crippen LogP contribution in [0.15, 0.2) is 42.5 Å². The van der Waals surface area contributed by atoms with Crippen LogP contribution in [0.3, 0.4) is 0 Å². The quantitative estimate of drug-likeness (QED) is 0.752. The Morgan fingerprint density at radius 1 is 1.09 bits per heavy atom. The Kier molecular flexibility index (Phi) is 4.85. The maximum Gasteiger partial charge on any atom is 0.342 e. The average molecular weight is 322 g/mol. The zero-order valence-electron chi connectivity index (χ0n) is 11.2. The van der Waals surface area contributed by atoms with Gasteiger partial charge in [-0.2, -0.15) is 0 Å². The Hall–Kier alpha value is -2.73. The van der Waals surface area contributed by atoms with Crippen LogP contribution in [0.5, 0.6) is 11.5 Å². The molecule has 0 aromatic heterocycles. The van der Waals surface area contributed by atoms with Crippen LogP contribution in [0, 0.1) is 0 Å². The Morgan fingerprint density at radius 3 is 2.41 bits per heavy atom. The summed E-state index contributed by atoms with van der Waals surface area (Å²) >= 11 is 5.72. The lowest BCUT2D eigenvalue weighted by molar-refractivity contribution is -0.119. The molecule has 6 nitrogen and oxygen atoms in total. The maximum atomic E-state index is 11.7. The predicted octanol–water partition coefficient (Wildman–Crippen LogP) is 2.55. The molecule has 0 unspecified atom stereocenters. The maximum absolute atomic E-state index is 11.7. The van der Waals surface area contributed by atoms with Crippen molar-refractivity contribution in [3.05, 3.63) is 53.1 Å². The lowest BCUT2D eigenvalue weighted by Gasteiger charge is -2.07. The van der Waals surface area contributed by atoms with Gasteiger partial charge in [-0.05, 0) is 36.4 Å². The fourth-order valence-corrected chi connectivity index (χ4v) is 1.76. The van der Waals surface area contributed by atoms with E-state index in [1.165, 1.54) is 12.1 Å². The number of benzene rings is 2. The van der Waals surface area contributed by atoms with Crippen molar-refractivity contribution >= 4 is 29.2 Å². The van der Waals surface area contributed by atoms with E-state index in [1.807, 2.05) is 0 Å². The molecule has 1 amide bonds. The van der Waals surface area contributed by atoms with E-state index >= 15 is 0 Å². The standard InChI is InChI=1S/C15H12ClNO5/c16-9-1-3-10(4-2-9)17-14(20)8-22-15(21)12-6-5-11(18)7-13(12)19/h1-7,18-19H,8H2,(H,17,20). The van der Waals surface area contributed by atoms with Crippen LogP contribution in [0.2, 0.25) is 5.02 Å². The number of halogens is 1. The Morgan fingerprint density at radius 2 is 1.77 bits per heavy atom. The molecule has 2 aromatic rings. The van der Waals surface area contributed by atoms with Crippen LogP contribution >= 0.6 is 11.6 Å². The molecule has 3 N–H and O–H groups in total. The van der Waals surface area contributed by atoms with E-state index in [9.17, 15) is 14.7 Å². The number of hydrogen-bond donors (Lipinski definition) is 3. The van der Waals surface area contributed by atoms with Gasteiger partial charge in [-0.3, -0.25) is 4.79 Å². The summed E-state index contributed by atoms with van der Waals surface area (Å²) in [6.07, 6.45) is 0. The molecule has 2 aromatic carbocycles. The van der Waals surface area contributed by atoms with Crippen molar-refractivity contribution in [2.24, 2.45) is 0 Å². The fraction of sp³-hybridized carbons (Fsp3) is 0.0667. The second kappa shape index (κ2) is 6.82. The minimum absolute atomic E-state index is 0.142. The van der Waals surface area contributed by atoms with Gasteiger partial charge in [-0.25, -0.2) is 4.79 Å². The number of carbonyl (C=O) groups excluding carboxylic acids is 2. The molecule has 0 aliphatic heterocycles. The first-order chi connectivity index (χ1) is 10.5. The van der Waals surface area contributed by atoms with E-state index in [2.05, 4.69) is 5.32 Å². The van der Waals surface area contributed by atoms with Crippen molar-refractivity contribution in [2.45, 2.75) is 0 Å². The Balaban J connectivity index is 1.90. The normalized spacial score (nSPS) is 10.0. The number of hydrogen-bond acceptors (Lipinski definition) is 5. The van der Waals surface area contributed by atoms with Gasteiger partial charge in [0.25, 0.3) is 5.91 Å². The van der Waals surface area contributed by atoms with E-state index < -0.39 is 24.2 Å². The summed E-state index contributed by atoms with van der Waals surface area (Å²) in [5.41, 5.74) is 0.370. The van der Waals surface area contributed by atoms with E-state index in [-0.39, 0.29) is 11.3 Å². The molecule has 0 saturated heterocycles. The highest BCUT2D eigenvalue weighted by Gasteiger charge is 2.14. The van der Waals surface area contributed by atoms with Gasteiger partial charge in [-0.15, -0.1) is 0 Å². The van der Waals surface area contributed by atoms with Crippen molar-refractivity contribution in [3.8, 4) is 11.5 Å².